The minimum Gasteiger partial charge on any atom is -0.333 e. The van der Waals surface area contributed by atoms with E-state index in [0.717, 1.165) is 18.6 Å². The Balaban J connectivity index is 2.45. The van der Waals surface area contributed by atoms with Crippen LogP contribution in [0.5, 0.6) is 0 Å². The van der Waals surface area contributed by atoms with Gasteiger partial charge in [-0.3, -0.25) is 14.4 Å². The molecule has 1 unspecified atom stereocenters. The van der Waals surface area contributed by atoms with Gasteiger partial charge in [0.1, 0.15) is 6.17 Å². The molecule has 1 heterocycles. The summed E-state index contributed by atoms with van der Waals surface area (Å²) in [4.78, 5) is 44.5. The van der Waals surface area contributed by atoms with E-state index in [1.807, 2.05) is 0 Å². The summed E-state index contributed by atoms with van der Waals surface area (Å²) in [6.07, 6.45) is 2.54. The average Bonchev–Trinajstić information content (AvgIpc) is 2.72. The van der Waals surface area contributed by atoms with E-state index in [2.05, 4.69) is 10.5 Å². The van der Waals surface area contributed by atoms with Gasteiger partial charge >= 0.3 is 5.91 Å². The molecule has 0 spiro atoms. The third-order valence-corrected chi connectivity index (χ3v) is 2.40. The van der Waals surface area contributed by atoms with Gasteiger partial charge in [-0.15, -0.1) is 4.91 Å². The van der Waals surface area contributed by atoms with Crippen molar-refractivity contribution in [3.05, 3.63) is 17.1 Å². The van der Waals surface area contributed by atoms with Crippen molar-refractivity contribution in [2.24, 2.45) is 5.18 Å². The first kappa shape index (κ1) is 13.0. The van der Waals surface area contributed by atoms with Crippen molar-refractivity contribution < 1.29 is 14.4 Å². The fraction of sp³-hybridized carbons (Fsp3) is 0.500. The van der Waals surface area contributed by atoms with Crippen molar-refractivity contribution in [2.45, 2.75) is 25.9 Å². The number of hydrogen-bond acceptors (Lipinski definition) is 4. The van der Waals surface area contributed by atoms with E-state index in [0.29, 0.717) is 13.0 Å². The maximum absolute atomic E-state index is 11.4. The molecule has 0 saturated carbocycles. The Hall–Kier alpha value is -2.05. The highest BCUT2D eigenvalue weighted by molar-refractivity contribution is 5.97. The Bertz CT molecular complexity index is 378. The molecule has 0 radical (unpaired) electrons. The molecule has 17 heavy (non-hydrogen) atoms. The fourth-order valence-electron chi connectivity index (χ4n) is 1.59. The Morgan fingerprint density at radius 1 is 1.47 bits per heavy atom. The van der Waals surface area contributed by atoms with Gasteiger partial charge < -0.3 is 10.2 Å². The molecule has 7 heteroatoms. The maximum atomic E-state index is 11.4. The monoisotopic (exact) mass is 239 g/mol. The second-order valence-corrected chi connectivity index (χ2v) is 3.64. The van der Waals surface area contributed by atoms with Crippen LogP contribution in [0.4, 0.5) is 0 Å². The summed E-state index contributed by atoms with van der Waals surface area (Å²) in [6.45, 7) is 2.29. The number of hydrogen-bond donors (Lipinski definition) is 1. The van der Waals surface area contributed by atoms with Crippen molar-refractivity contribution in [3.63, 3.8) is 0 Å². The van der Waals surface area contributed by atoms with Crippen LogP contribution in [-0.4, -0.2) is 35.3 Å². The van der Waals surface area contributed by atoms with Gasteiger partial charge in [0.2, 0.25) is 11.8 Å². The normalized spacial score (nSPS) is 17.2. The van der Waals surface area contributed by atoms with Crippen LogP contribution in [0.1, 0.15) is 19.8 Å². The highest BCUT2D eigenvalue weighted by Crippen LogP contribution is 2.11. The van der Waals surface area contributed by atoms with Crippen molar-refractivity contribution in [1.82, 2.24) is 10.2 Å². The molecule has 0 bridgehead atoms. The third-order valence-electron chi connectivity index (χ3n) is 2.40. The lowest BCUT2D eigenvalue weighted by Crippen LogP contribution is -2.46. The minimum absolute atomic E-state index is 0.00702. The van der Waals surface area contributed by atoms with Gasteiger partial charge in [-0.2, -0.15) is 0 Å². The molecule has 1 atom stereocenters. The quantitative estimate of drug-likeness (QED) is 0.548. The summed E-state index contributed by atoms with van der Waals surface area (Å²) in [5, 5.41) is 4.62. The number of amides is 3. The summed E-state index contributed by atoms with van der Waals surface area (Å²) in [5.41, 5.74) is 0. The van der Waals surface area contributed by atoms with Crippen molar-refractivity contribution >= 4 is 17.7 Å². The number of nitroso groups, excluding NO2 is 1. The van der Waals surface area contributed by atoms with Gasteiger partial charge in [-0.05, 0) is 13.3 Å². The van der Waals surface area contributed by atoms with Crippen LogP contribution in [0, 0.1) is 4.91 Å². The molecule has 92 valence electrons. The standard InChI is InChI=1S/C10H13N3O4/c1-7(13-6-2-3-10(13)16)11-8(14)4-5-9(15)12-17/h4-5,7H,2-3,6H2,1H3,(H,11,14)/b5-4-. The number of nitrogens with zero attached hydrogens (tertiary/aromatic N) is 2. The lowest BCUT2D eigenvalue weighted by molar-refractivity contribution is -0.131. The summed E-state index contributed by atoms with van der Waals surface area (Å²) in [7, 11) is 0. The van der Waals surface area contributed by atoms with E-state index >= 15 is 0 Å². The molecule has 3 amide bonds. The molecule has 1 N–H and O–H groups in total. The first-order valence-electron chi connectivity index (χ1n) is 5.20. The predicted octanol–water partition coefficient (Wildman–Crippen LogP) is -0.0798. The van der Waals surface area contributed by atoms with Gasteiger partial charge in [0.05, 0.1) is 0 Å². The molecule has 1 aliphatic rings. The third kappa shape index (κ3) is 3.78. The van der Waals surface area contributed by atoms with E-state index in [9.17, 15) is 19.3 Å². The zero-order valence-electron chi connectivity index (χ0n) is 9.38. The average molecular weight is 239 g/mol. The number of carbonyl (C=O) groups is 3. The van der Waals surface area contributed by atoms with Crippen molar-refractivity contribution in [1.29, 1.82) is 0 Å². The van der Waals surface area contributed by atoms with E-state index in [1.165, 1.54) is 0 Å². The van der Waals surface area contributed by atoms with Crippen LogP contribution >= 0.6 is 0 Å². The first-order valence-corrected chi connectivity index (χ1v) is 5.20. The maximum Gasteiger partial charge on any atom is 0.309 e. The van der Waals surface area contributed by atoms with Crippen LogP contribution in [0.25, 0.3) is 0 Å². The first-order chi connectivity index (χ1) is 8.04. The van der Waals surface area contributed by atoms with Crippen LogP contribution < -0.4 is 5.32 Å². The molecule has 7 nitrogen and oxygen atoms in total. The molecule has 0 aromatic carbocycles. The second-order valence-electron chi connectivity index (χ2n) is 3.64. The smallest absolute Gasteiger partial charge is 0.309 e. The van der Waals surface area contributed by atoms with Gasteiger partial charge in [-0.1, -0.05) is 0 Å². The molecule has 1 saturated heterocycles. The molecule has 1 rings (SSSR count). The van der Waals surface area contributed by atoms with Crippen molar-refractivity contribution in [2.75, 3.05) is 6.54 Å². The molecular formula is C10H13N3O4. The lowest BCUT2D eigenvalue weighted by Gasteiger charge is -2.24. The number of nitrogens with one attached hydrogen (secondary N) is 1. The van der Waals surface area contributed by atoms with Crippen LogP contribution in [-0.2, 0) is 14.4 Å². The highest BCUT2D eigenvalue weighted by Gasteiger charge is 2.25. The topological polar surface area (TPSA) is 95.9 Å². The van der Waals surface area contributed by atoms with Crippen LogP contribution in [0.2, 0.25) is 0 Å². The van der Waals surface area contributed by atoms with Gasteiger partial charge in [0.15, 0.2) is 0 Å². The zero-order valence-corrected chi connectivity index (χ0v) is 9.38. The Morgan fingerprint density at radius 3 is 2.71 bits per heavy atom. The van der Waals surface area contributed by atoms with Gasteiger partial charge in [-0.25, -0.2) is 0 Å². The van der Waals surface area contributed by atoms with Crippen LogP contribution in [0.3, 0.4) is 0 Å². The van der Waals surface area contributed by atoms with E-state index in [-0.39, 0.29) is 5.91 Å². The number of likely N-dealkylation sites (tertiary alicyclic amines) is 1. The molecule has 0 aromatic heterocycles. The molecular weight excluding hydrogens is 226 g/mol. The summed E-state index contributed by atoms with van der Waals surface area (Å²) in [5.74, 6) is -1.58. The number of carbonyl (C=O) groups excluding carboxylic acids is 3. The van der Waals surface area contributed by atoms with Gasteiger partial charge in [0, 0.05) is 30.3 Å². The summed E-state index contributed by atoms with van der Waals surface area (Å²) >= 11 is 0. The highest BCUT2D eigenvalue weighted by atomic mass is 16.3. The molecule has 0 aromatic rings. The fourth-order valence-corrected chi connectivity index (χ4v) is 1.59. The van der Waals surface area contributed by atoms with Gasteiger partial charge in [0.25, 0.3) is 0 Å². The molecule has 1 aliphatic heterocycles. The van der Waals surface area contributed by atoms with E-state index < -0.39 is 18.0 Å². The second kappa shape index (κ2) is 5.88. The minimum atomic E-state index is -1.02. The lowest BCUT2D eigenvalue weighted by atomic mass is 10.4. The SMILES string of the molecule is CC(NC(=O)/C=C\C(=O)N=O)N1CCCC1=O. The zero-order chi connectivity index (χ0) is 12.8. The van der Waals surface area contributed by atoms with E-state index in [4.69, 9.17) is 0 Å². The Labute approximate surface area is 97.8 Å². The summed E-state index contributed by atoms with van der Waals surface area (Å²) < 4.78 is 0. The summed E-state index contributed by atoms with van der Waals surface area (Å²) in [6, 6.07) is 0. The number of rotatable bonds is 4. The predicted molar refractivity (Wildman–Crippen MR) is 58.5 cm³/mol. The van der Waals surface area contributed by atoms with Crippen LogP contribution in [0.15, 0.2) is 17.3 Å². The van der Waals surface area contributed by atoms with E-state index in [1.54, 1.807) is 11.8 Å². The molecule has 1 fully saturated rings. The van der Waals surface area contributed by atoms with Crippen molar-refractivity contribution in [3.8, 4) is 0 Å². The molecule has 0 aliphatic carbocycles. The Kier molecular flexibility index (Phi) is 4.50. The Morgan fingerprint density at radius 2 is 2.18 bits per heavy atom. The largest absolute Gasteiger partial charge is 0.333 e.